The lowest BCUT2D eigenvalue weighted by atomic mass is 9.96. The predicted octanol–water partition coefficient (Wildman–Crippen LogP) is 2.37. The highest BCUT2D eigenvalue weighted by atomic mass is 16.2. The molecule has 186 valence electrons. The van der Waals surface area contributed by atoms with Crippen molar-refractivity contribution in [3.8, 4) is 0 Å². The summed E-state index contributed by atoms with van der Waals surface area (Å²) < 4.78 is 0. The maximum absolute atomic E-state index is 13.6. The molecule has 1 N–H and O–H groups in total. The van der Waals surface area contributed by atoms with Gasteiger partial charge in [-0.05, 0) is 30.6 Å². The Labute approximate surface area is 195 Å². The van der Waals surface area contributed by atoms with Crippen LogP contribution in [0.4, 0.5) is 0 Å². The van der Waals surface area contributed by atoms with Crippen molar-refractivity contribution in [2.24, 2.45) is 17.8 Å². The van der Waals surface area contributed by atoms with Crippen LogP contribution in [0.2, 0.25) is 0 Å². The molecular formula is C24H46N4O4. The summed E-state index contributed by atoms with van der Waals surface area (Å²) in [4.78, 5) is 56.4. The number of likely N-dealkylation sites (N-methyl/N-ethyl adjacent to an activating group) is 4. The third-order valence-corrected chi connectivity index (χ3v) is 5.85. The fourth-order valence-corrected chi connectivity index (χ4v) is 4.00. The van der Waals surface area contributed by atoms with Crippen molar-refractivity contribution in [3.63, 3.8) is 0 Å². The fraction of sp³-hybridized carbons (Fsp3) is 0.833. The summed E-state index contributed by atoms with van der Waals surface area (Å²) in [6.45, 7) is 13.5. The molecule has 0 heterocycles. The van der Waals surface area contributed by atoms with Crippen LogP contribution in [-0.2, 0) is 19.2 Å². The van der Waals surface area contributed by atoms with E-state index in [0.29, 0.717) is 19.3 Å². The topological polar surface area (TPSA) is 90.0 Å². The summed E-state index contributed by atoms with van der Waals surface area (Å²) in [5.74, 6) is -0.610. The number of hydrogen-bond acceptors (Lipinski definition) is 4. The Morgan fingerprint density at radius 1 is 0.719 bits per heavy atom. The van der Waals surface area contributed by atoms with Crippen LogP contribution in [0.1, 0.15) is 67.7 Å². The summed E-state index contributed by atoms with van der Waals surface area (Å²) >= 11 is 0. The van der Waals surface area contributed by atoms with E-state index in [4.69, 9.17) is 0 Å². The fourth-order valence-electron chi connectivity index (χ4n) is 4.00. The van der Waals surface area contributed by atoms with Crippen LogP contribution in [0.15, 0.2) is 0 Å². The van der Waals surface area contributed by atoms with Gasteiger partial charge in [-0.3, -0.25) is 19.2 Å². The zero-order valence-corrected chi connectivity index (χ0v) is 22.1. The highest BCUT2D eigenvalue weighted by Gasteiger charge is 2.39. The largest absolute Gasteiger partial charge is 0.357 e. The van der Waals surface area contributed by atoms with E-state index in [2.05, 4.69) is 5.32 Å². The summed E-state index contributed by atoms with van der Waals surface area (Å²) in [5.41, 5.74) is 0. The minimum atomic E-state index is -0.724. The first-order chi connectivity index (χ1) is 14.7. The van der Waals surface area contributed by atoms with Crippen molar-refractivity contribution in [2.75, 3.05) is 28.2 Å². The molecule has 0 aliphatic carbocycles. The Morgan fingerprint density at radius 3 is 1.47 bits per heavy atom. The zero-order chi connectivity index (χ0) is 25.3. The number of hydrogen-bond donors (Lipinski definition) is 1. The molecule has 0 aliphatic rings. The number of carbonyl (C=O) groups is 4. The Balaban J connectivity index is 6.08. The van der Waals surface area contributed by atoms with Gasteiger partial charge in [0.15, 0.2) is 0 Å². The van der Waals surface area contributed by atoms with Crippen molar-refractivity contribution in [2.45, 2.75) is 85.9 Å². The van der Waals surface area contributed by atoms with Crippen molar-refractivity contribution in [1.29, 1.82) is 0 Å². The second-order valence-corrected chi connectivity index (χ2v) is 9.85. The Kier molecular flexibility index (Phi) is 12.5. The zero-order valence-electron chi connectivity index (χ0n) is 22.1. The van der Waals surface area contributed by atoms with Gasteiger partial charge in [-0.1, -0.05) is 48.5 Å². The van der Waals surface area contributed by atoms with Crippen LogP contribution in [-0.4, -0.2) is 84.6 Å². The maximum atomic E-state index is 13.6. The molecule has 0 spiro atoms. The van der Waals surface area contributed by atoms with Gasteiger partial charge in [-0.15, -0.1) is 0 Å². The van der Waals surface area contributed by atoms with Crippen molar-refractivity contribution in [1.82, 2.24) is 20.0 Å². The van der Waals surface area contributed by atoms with Gasteiger partial charge in [-0.25, -0.2) is 0 Å². The monoisotopic (exact) mass is 454 g/mol. The third-order valence-electron chi connectivity index (χ3n) is 5.85. The molecule has 0 bridgehead atoms. The van der Waals surface area contributed by atoms with E-state index in [9.17, 15) is 19.2 Å². The smallest absolute Gasteiger partial charge is 0.245 e. The SMILES string of the molecule is CCC(=O)N(C)[C@@H](CC(C)C)C(=O)N(C)[C@@H](CC(C)C)C(=O)N(C)[C@H](C(=O)NC)C(C)C. The average Bonchev–Trinajstić information content (AvgIpc) is 2.72. The van der Waals surface area contributed by atoms with E-state index < -0.39 is 18.1 Å². The summed E-state index contributed by atoms with van der Waals surface area (Å²) in [6, 6.07) is -2.00. The molecule has 0 aromatic heterocycles. The molecule has 32 heavy (non-hydrogen) atoms. The van der Waals surface area contributed by atoms with Crippen molar-refractivity contribution < 1.29 is 19.2 Å². The molecule has 0 fully saturated rings. The molecular weight excluding hydrogens is 408 g/mol. The summed E-state index contributed by atoms with van der Waals surface area (Å²) in [7, 11) is 6.44. The minimum absolute atomic E-state index is 0.0911. The molecule has 0 aliphatic heterocycles. The molecule has 0 unspecified atom stereocenters. The van der Waals surface area contributed by atoms with Gasteiger partial charge in [0.25, 0.3) is 0 Å². The highest BCUT2D eigenvalue weighted by Crippen LogP contribution is 2.21. The average molecular weight is 455 g/mol. The molecule has 0 radical (unpaired) electrons. The van der Waals surface area contributed by atoms with Gasteiger partial charge in [0.05, 0.1) is 0 Å². The minimum Gasteiger partial charge on any atom is -0.357 e. The first-order valence-corrected chi connectivity index (χ1v) is 11.7. The first kappa shape index (κ1) is 29.9. The standard InChI is InChI=1S/C24H46N4O4/c1-12-20(29)26(9)18(13-15(2)3)23(31)27(10)19(14-16(4)5)24(32)28(11)21(17(6)7)22(30)25-8/h15-19,21H,12-14H2,1-11H3,(H,25,30)/t18-,19-,21-/m0/s1. The van der Waals surface area contributed by atoms with Crippen LogP contribution in [0.25, 0.3) is 0 Å². The second kappa shape index (κ2) is 13.4. The molecule has 0 saturated heterocycles. The van der Waals surface area contributed by atoms with E-state index >= 15 is 0 Å². The van der Waals surface area contributed by atoms with Crippen LogP contribution in [0.5, 0.6) is 0 Å². The quantitative estimate of drug-likeness (QED) is 0.490. The summed E-state index contributed by atoms with van der Waals surface area (Å²) in [6.07, 6.45) is 1.28. The molecule has 0 aromatic carbocycles. The number of carbonyl (C=O) groups excluding carboxylic acids is 4. The van der Waals surface area contributed by atoms with E-state index in [1.54, 1.807) is 35.1 Å². The number of amides is 4. The van der Waals surface area contributed by atoms with Crippen LogP contribution in [0.3, 0.4) is 0 Å². The van der Waals surface area contributed by atoms with E-state index in [1.807, 2.05) is 41.5 Å². The lowest BCUT2D eigenvalue weighted by molar-refractivity contribution is -0.153. The first-order valence-electron chi connectivity index (χ1n) is 11.7. The Morgan fingerprint density at radius 2 is 1.12 bits per heavy atom. The normalized spacial score (nSPS) is 14.2. The Bertz CT molecular complexity index is 648. The lowest BCUT2D eigenvalue weighted by Crippen LogP contribution is -2.58. The number of nitrogens with zero attached hydrogens (tertiary/aromatic N) is 3. The van der Waals surface area contributed by atoms with E-state index in [1.165, 1.54) is 14.7 Å². The van der Waals surface area contributed by atoms with Gasteiger partial charge in [0.2, 0.25) is 23.6 Å². The third kappa shape index (κ3) is 8.10. The van der Waals surface area contributed by atoms with Crippen LogP contribution in [0, 0.1) is 17.8 Å². The lowest BCUT2D eigenvalue weighted by Gasteiger charge is -2.39. The van der Waals surface area contributed by atoms with Gasteiger partial charge < -0.3 is 20.0 Å². The Hall–Kier alpha value is -2.12. The molecule has 4 amide bonds. The maximum Gasteiger partial charge on any atom is 0.245 e. The van der Waals surface area contributed by atoms with Gasteiger partial charge in [-0.2, -0.15) is 0 Å². The summed E-state index contributed by atoms with van der Waals surface area (Å²) in [5, 5.41) is 2.63. The molecule has 8 nitrogen and oxygen atoms in total. The van der Waals surface area contributed by atoms with Crippen LogP contribution < -0.4 is 5.32 Å². The number of nitrogens with one attached hydrogen (secondary N) is 1. The van der Waals surface area contributed by atoms with Gasteiger partial charge >= 0.3 is 0 Å². The van der Waals surface area contributed by atoms with E-state index in [-0.39, 0.29) is 41.4 Å². The van der Waals surface area contributed by atoms with Crippen LogP contribution >= 0.6 is 0 Å². The molecule has 0 saturated carbocycles. The molecule has 0 aromatic rings. The predicted molar refractivity (Wildman–Crippen MR) is 128 cm³/mol. The van der Waals surface area contributed by atoms with Crippen molar-refractivity contribution >= 4 is 23.6 Å². The number of rotatable bonds is 12. The molecule has 0 rings (SSSR count). The van der Waals surface area contributed by atoms with Gasteiger partial charge in [0.1, 0.15) is 18.1 Å². The highest BCUT2D eigenvalue weighted by molar-refractivity contribution is 5.94. The van der Waals surface area contributed by atoms with E-state index in [0.717, 1.165) is 0 Å². The van der Waals surface area contributed by atoms with Gasteiger partial charge in [0, 0.05) is 34.6 Å². The van der Waals surface area contributed by atoms with Crippen molar-refractivity contribution in [3.05, 3.63) is 0 Å². The molecule has 8 heteroatoms. The molecule has 3 atom stereocenters. The second-order valence-electron chi connectivity index (χ2n) is 9.85.